The van der Waals surface area contributed by atoms with Crippen molar-refractivity contribution in [2.75, 3.05) is 31.1 Å². The van der Waals surface area contributed by atoms with Gasteiger partial charge < -0.3 is 14.4 Å². The number of piperazine rings is 1. The molecule has 3 rings (SSSR count). The molecule has 0 N–H and O–H groups in total. The fourth-order valence-corrected chi connectivity index (χ4v) is 2.38. The van der Waals surface area contributed by atoms with Crippen molar-refractivity contribution in [3.05, 3.63) is 42.5 Å². The Bertz CT molecular complexity index is 587. The van der Waals surface area contributed by atoms with Crippen molar-refractivity contribution < 1.29 is 4.79 Å². The molecular weight excluding hydrogens is 254 g/mol. The zero-order valence-corrected chi connectivity index (χ0v) is 11.4. The smallest absolute Gasteiger partial charge is 0.255 e. The number of rotatable bonds is 2. The Morgan fingerprint density at radius 1 is 1.15 bits per heavy atom. The minimum atomic E-state index is 0.0965. The summed E-state index contributed by atoms with van der Waals surface area (Å²) in [4.78, 5) is 24.8. The lowest BCUT2D eigenvalue weighted by Crippen LogP contribution is -2.49. The van der Waals surface area contributed by atoms with E-state index in [4.69, 9.17) is 0 Å². The van der Waals surface area contributed by atoms with Crippen molar-refractivity contribution in [1.29, 1.82) is 0 Å². The van der Waals surface area contributed by atoms with Crippen molar-refractivity contribution in [2.45, 2.75) is 0 Å². The van der Waals surface area contributed by atoms with Gasteiger partial charge in [-0.2, -0.15) is 0 Å². The second kappa shape index (κ2) is 5.32. The first-order valence-electron chi connectivity index (χ1n) is 6.67. The number of hydrogen-bond donors (Lipinski definition) is 0. The average Bonchev–Trinajstić information content (AvgIpc) is 2.94. The number of anilines is 1. The first-order chi connectivity index (χ1) is 9.74. The van der Waals surface area contributed by atoms with Crippen LogP contribution in [0.1, 0.15) is 10.4 Å². The molecule has 1 aliphatic rings. The van der Waals surface area contributed by atoms with E-state index in [2.05, 4.69) is 14.9 Å². The molecular formula is C14H17N5O. The van der Waals surface area contributed by atoms with Gasteiger partial charge in [-0.3, -0.25) is 4.79 Å². The lowest BCUT2D eigenvalue weighted by atomic mass is 10.2. The Morgan fingerprint density at radius 2 is 1.85 bits per heavy atom. The minimum absolute atomic E-state index is 0.0965. The minimum Gasteiger partial charge on any atom is -0.356 e. The van der Waals surface area contributed by atoms with E-state index in [1.54, 1.807) is 18.5 Å². The van der Waals surface area contributed by atoms with Crippen LogP contribution >= 0.6 is 0 Å². The van der Waals surface area contributed by atoms with Crippen molar-refractivity contribution in [3.8, 4) is 0 Å². The molecule has 3 heterocycles. The largest absolute Gasteiger partial charge is 0.356 e. The Hall–Kier alpha value is -2.37. The SMILES string of the molecule is Cn1ccc(C(=O)N2CCN(c3ncccn3)CC2)c1. The molecule has 1 fully saturated rings. The maximum Gasteiger partial charge on any atom is 0.255 e. The van der Waals surface area contributed by atoms with Gasteiger partial charge in [0.15, 0.2) is 0 Å². The molecule has 0 aliphatic carbocycles. The fraction of sp³-hybridized carbons (Fsp3) is 0.357. The van der Waals surface area contributed by atoms with Crippen molar-refractivity contribution >= 4 is 11.9 Å². The molecule has 20 heavy (non-hydrogen) atoms. The van der Waals surface area contributed by atoms with E-state index in [0.717, 1.165) is 24.6 Å². The van der Waals surface area contributed by atoms with Gasteiger partial charge in [-0.25, -0.2) is 9.97 Å². The number of carbonyl (C=O) groups is 1. The van der Waals surface area contributed by atoms with Gasteiger partial charge in [0.25, 0.3) is 5.91 Å². The standard InChI is InChI=1S/C14H17N5O/c1-17-6-3-12(11-17)13(20)18-7-9-19(10-8-18)14-15-4-2-5-16-14/h2-6,11H,7-10H2,1H3. The molecule has 0 atom stereocenters. The summed E-state index contributed by atoms with van der Waals surface area (Å²) in [6.07, 6.45) is 7.23. The topological polar surface area (TPSA) is 54.3 Å². The number of aryl methyl sites for hydroxylation is 1. The molecule has 1 saturated heterocycles. The molecule has 0 saturated carbocycles. The van der Waals surface area contributed by atoms with E-state index >= 15 is 0 Å². The van der Waals surface area contributed by atoms with Gasteiger partial charge in [-0.15, -0.1) is 0 Å². The number of carbonyl (C=O) groups excluding carboxylic acids is 1. The summed E-state index contributed by atoms with van der Waals surface area (Å²) in [7, 11) is 1.92. The Balaban J connectivity index is 1.63. The van der Waals surface area contributed by atoms with Gasteiger partial charge in [0.05, 0.1) is 5.56 Å². The monoisotopic (exact) mass is 271 g/mol. The first-order valence-corrected chi connectivity index (χ1v) is 6.67. The van der Waals surface area contributed by atoms with Crippen LogP contribution in [0.5, 0.6) is 0 Å². The van der Waals surface area contributed by atoms with E-state index in [1.807, 2.05) is 35.0 Å². The second-order valence-electron chi connectivity index (χ2n) is 4.89. The highest BCUT2D eigenvalue weighted by atomic mass is 16.2. The summed E-state index contributed by atoms with van der Waals surface area (Å²) in [5.41, 5.74) is 0.747. The molecule has 6 heteroatoms. The highest BCUT2D eigenvalue weighted by Gasteiger charge is 2.23. The number of nitrogens with zero attached hydrogens (tertiary/aromatic N) is 5. The Kier molecular flexibility index (Phi) is 3.37. The van der Waals surface area contributed by atoms with Crippen LogP contribution in [0.25, 0.3) is 0 Å². The summed E-state index contributed by atoms with van der Waals surface area (Å²) >= 11 is 0. The molecule has 0 spiro atoms. The van der Waals surface area contributed by atoms with E-state index in [1.165, 1.54) is 0 Å². The predicted octanol–water partition coefficient (Wildman–Crippen LogP) is 0.777. The van der Waals surface area contributed by atoms with Crippen LogP contribution in [0, 0.1) is 0 Å². The van der Waals surface area contributed by atoms with Gasteiger partial charge in [-0.05, 0) is 12.1 Å². The average molecular weight is 271 g/mol. The van der Waals surface area contributed by atoms with Crippen molar-refractivity contribution in [2.24, 2.45) is 7.05 Å². The third-order valence-corrected chi connectivity index (χ3v) is 3.48. The predicted molar refractivity (Wildman–Crippen MR) is 75.6 cm³/mol. The molecule has 1 aliphatic heterocycles. The van der Waals surface area contributed by atoms with Gasteiger partial charge in [0.2, 0.25) is 5.95 Å². The number of hydrogen-bond acceptors (Lipinski definition) is 4. The molecule has 6 nitrogen and oxygen atoms in total. The quantitative estimate of drug-likeness (QED) is 0.810. The van der Waals surface area contributed by atoms with Crippen LogP contribution < -0.4 is 4.90 Å². The van der Waals surface area contributed by atoms with E-state index < -0.39 is 0 Å². The van der Waals surface area contributed by atoms with Crippen LogP contribution in [-0.4, -0.2) is 51.5 Å². The van der Waals surface area contributed by atoms with E-state index in [9.17, 15) is 4.79 Å². The van der Waals surface area contributed by atoms with Gasteiger partial charge in [0, 0.05) is 58.0 Å². The lowest BCUT2D eigenvalue weighted by molar-refractivity contribution is 0.0746. The number of amides is 1. The highest BCUT2D eigenvalue weighted by Crippen LogP contribution is 2.12. The maximum atomic E-state index is 12.3. The summed E-state index contributed by atoms with van der Waals surface area (Å²) in [5, 5.41) is 0. The Morgan fingerprint density at radius 3 is 2.45 bits per heavy atom. The molecule has 0 unspecified atom stereocenters. The zero-order valence-electron chi connectivity index (χ0n) is 11.4. The fourth-order valence-electron chi connectivity index (χ4n) is 2.38. The van der Waals surface area contributed by atoms with E-state index in [0.29, 0.717) is 13.1 Å². The third-order valence-electron chi connectivity index (χ3n) is 3.48. The third kappa shape index (κ3) is 2.49. The second-order valence-corrected chi connectivity index (χ2v) is 4.89. The summed E-state index contributed by atoms with van der Waals surface area (Å²) in [5.74, 6) is 0.832. The zero-order chi connectivity index (χ0) is 13.9. The number of aromatic nitrogens is 3. The summed E-state index contributed by atoms with van der Waals surface area (Å²) < 4.78 is 1.89. The van der Waals surface area contributed by atoms with Gasteiger partial charge in [0.1, 0.15) is 0 Å². The van der Waals surface area contributed by atoms with Crippen molar-refractivity contribution in [1.82, 2.24) is 19.4 Å². The molecule has 0 bridgehead atoms. The summed E-state index contributed by atoms with van der Waals surface area (Å²) in [6.45, 7) is 2.93. The van der Waals surface area contributed by atoms with E-state index in [-0.39, 0.29) is 5.91 Å². The molecule has 1 amide bonds. The van der Waals surface area contributed by atoms with Crippen LogP contribution in [0.4, 0.5) is 5.95 Å². The molecule has 104 valence electrons. The molecule has 2 aromatic heterocycles. The van der Waals surface area contributed by atoms with Gasteiger partial charge in [-0.1, -0.05) is 0 Å². The molecule has 0 aromatic carbocycles. The highest BCUT2D eigenvalue weighted by molar-refractivity contribution is 5.94. The summed E-state index contributed by atoms with van der Waals surface area (Å²) in [6, 6.07) is 3.66. The maximum absolute atomic E-state index is 12.3. The Labute approximate surface area is 117 Å². The normalized spacial score (nSPS) is 15.4. The van der Waals surface area contributed by atoms with Gasteiger partial charge >= 0.3 is 0 Å². The van der Waals surface area contributed by atoms with Crippen LogP contribution in [0.15, 0.2) is 36.9 Å². The first kappa shape index (κ1) is 12.7. The molecule has 0 radical (unpaired) electrons. The molecule has 2 aromatic rings. The lowest BCUT2D eigenvalue weighted by Gasteiger charge is -2.34. The van der Waals surface area contributed by atoms with Crippen LogP contribution in [-0.2, 0) is 7.05 Å². The van der Waals surface area contributed by atoms with Crippen molar-refractivity contribution in [3.63, 3.8) is 0 Å². The van der Waals surface area contributed by atoms with Crippen LogP contribution in [0.2, 0.25) is 0 Å². The van der Waals surface area contributed by atoms with Crippen LogP contribution in [0.3, 0.4) is 0 Å².